The van der Waals surface area contributed by atoms with Crippen LogP contribution in [0.3, 0.4) is 0 Å². The molecule has 1 amide bonds. The third kappa shape index (κ3) is 3.50. The molecule has 2 fully saturated rings. The second kappa shape index (κ2) is 5.82. The average Bonchev–Trinajstić information content (AvgIpc) is 2.80. The number of rotatable bonds is 3. The number of carbonyl (C=O) groups excluding carboxylic acids is 1. The lowest BCUT2D eigenvalue weighted by Gasteiger charge is -2.40. The predicted octanol–water partition coefficient (Wildman–Crippen LogP) is 2.69. The maximum atomic E-state index is 12.4. The van der Waals surface area contributed by atoms with Gasteiger partial charge in [0.25, 0.3) is 0 Å². The topological polar surface area (TPSA) is 55.1 Å². The average molecular weight is 266 g/mol. The largest absolute Gasteiger partial charge is 0.353 e. The molecule has 19 heavy (non-hydrogen) atoms. The maximum Gasteiger partial charge on any atom is 0.223 e. The van der Waals surface area contributed by atoms with E-state index in [1.165, 1.54) is 12.8 Å². The molecule has 0 aromatic heterocycles. The molecule has 0 saturated heterocycles. The van der Waals surface area contributed by atoms with Crippen LogP contribution in [0, 0.1) is 23.2 Å². The molecular weight excluding hydrogens is 236 g/mol. The van der Waals surface area contributed by atoms with Gasteiger partial charge in [0.2, 0.25) is 5.91 Å². The van der Waals surface area contributed by atoms with Crippen molar-refractivity contribution in [1.82, 2.24) is 5.32 Å². The van der Waals surface area contributed by atoms with Crippen LogP contribution >= 0.6 is 0 Å². The minimum atomic E-state index is 0.173. The van der Waals surface area contributed by atoms with Gasteiger partial charge >= 0.3 is 0 Å². The van der Waals surface area contributed by atoms with Crippen LogP contribution in [-0.2, 0) is 4.79 Å². The van der Waals surface area contributed by atoms with Crippen molar-refractivity contribution in [2.24, 2.45) is 28.9 Å². The molecule has 2 saturated carbocycles. The number of carbonyl (C=O) groups is 1. The number of nitrogens with two attached hydrogens (primary N) is 1. The molecule has 2 unspecified atom stereocenters. The van der Waals surface area contributed by atoms with E-state index < -0.39 is 0 Å². The van der Waals surface area contributed by atoms with Gasteiger partial charge in [0.15, 0.2) is 0 Å². The number of hydrogen-bond acceptors (Lipinski definition) is 2. The Hall–Kier alpha value is -0.570. The van der Waals surface area contributed by atoms with Crippen LogP contribution in [-0.4, -0.2) is 18.5 Å². The minimum absolute atomic E-state index is 0.173. The summed E-state index contributed by atoms with van der Waals surface area (Å²) in [5, 5.41) is 3.32. The zero-order valence-corrected chi connectivity index (χ0v) is 12.7. The van der Waals surface area contributed by atoms with Crippen molar-refractivity contribution >= 4 is 5.91 Å². The first kappa shape index (κ1) is 14.8. The van der Waals surface area contributed by atoms with Gasteiger partial charge in [-0.25, -0.2) is 0 Å². The normalized spacial score (nSPS) is 38.1. The molecule has 0 bridgehead atoms. The highest BCUT2D eigenvalue weighted by atomic mass is 16.2. The Morgan fingerprint density at radius 2 is 2.05 bits per heavy atom. The van der Waals surface area contributed by atoms with Gasteiger partial charge in [-0.15, -0.1) is 0 Å². The molecule has 0 aliphatic heterocycles. The summed E-state index contributed by atoms with van der Waals surface area (Å²) < 4.78 is 0. The number of hydrogen-bond donors (Lipinski definition) is 2. The molecule has 0 spiro atoms. The Balaban J connectivity index is 1.89. The zero-order valence-electron chi connectivity index (χ0n) is 12.7. The summed E-state index contributed by atoms with van der Waals surface area (Å²) in [5.41, 5.74) is 6.22. The molecule has 0 heterocycles. The Kier molecular flexibility index (Phi) is 4.54. The highest BCUT2D eigenvalue weighted by molar-refractivity contribution is 5.79. The summed E-state index contributed by atoms with van der Waals surface area (Å²) >= 11 is 0. The van der Waals surface area contributed by atoms with E-state index in [4.69, 9.17) is 5.73 Å². The molecule has 3 N–H and O–H groups in total. The predicted molar refractivity (Wildman–Crippen MR) is 78.6 cm³/mol. The van der Waals surface area contributed by atoms with Crippen LogP contribution in [0.5, 0.6) is 0 Å². The summed E-state index contributed by atoms with van der Waals surface area (Å²) in [4.78, 5) is 12.4. The maximum absolute atomic E-state index is 12.4. The van der Waals surface area contributed by atoms with Crippen molar-refractivity contribution in [3.8, 4) is 0 Å². The molecule has 3 heteroatoms. The lowest BCUT2D eigenvalue weighted by Crippen LogP contribution is -2.47. The van der Waals surface area contributed by atoms with Gasteiger partial charge in [-0.2, -0.15) is 0 Å². The van der Waals surface area contributed by atoms with Crippen molar-refractivity contribution in [2.45, 2.75) is 65.3 Å². The van der Waals surface area contributed by atoms with E-state index in [1.807, 2.05) is 0 Å². The van der Waals surface area contributed by atoms with Gasteiger partial charge in [0.05, 0.1) is 0 Å². The first-order valence-electron chi connectivity index (χ1n) is 7.93. The van der Waals surface area contributed by atoms with Crippen LogP contribution in [0.1, 0.15) is 59.3 Å². The zero-order chi connectivity index (χ0) is 14.0. The molecule has 110 valence electrons. The fourth-order valence-electron chi connectivity index (χ4n) is 4.12. The second-order valence-corrected chi connectivity index (χ2v) is 7.53. The second-order valence-electron chi connectivity index (χ2n) is 7.53. The third-order valence-electron chi connectivity index (χ3n) is 5.32. The van der Waals surface area contributed by atoms with E-state index >= 15 is 0 Å². The first-order chi connectivity index (χ1) is 8.93. The summed E-state index contributed by atoms with van der Waals surface area (Å²) in [6, 6.07) is 0.375. The molecule has 2 aliphatic rings. The van der Waals surface area contributed by atoms with Crippen LogP contribution in [0.2, 0.25) is 0 Å². The van der Waals surface area contributed by atoms with Crippen LogP contribution < -0.4 is 11.1 Å². The van der Waals surface area contributed by atoms with E-state index in [-0.39, 0.29) is 11.8 Å². The van der Waals surface area contributed by atoms with Crippen molar-refractivity contribution in [1.29, 1.82) is 0 Å². The quantitative estimate of drug-likeness (QED) is 0.825. The standard InChI is InChI=1S/C16H30N2O/c1-11-9-16(2,3)8-7-14(11)18-15(19)13-6-4-5-12(13)10-17/h11-14H,4-10,17H2,1-3H3,(H,18,19)/t11?,12-,13-,14?/m1/s1. The van der Waals surface area contributed by atoms with Gasteiger partial charge < -0.3 is 11.1 Å². The van der Waals surface area contributed by atoms with Gasteiger partial charge in [-0.3, -0.25) is 4.79 Å². The smallest absolute Gasteiger partial charge is 0.223 e. The molecule has 2 rings (SSSR count). The number of nitrogens with one attached hydrogen (secondary N) is 1. The van der Waals surface area contributed by atoms with E-state index in [1.54, 1.807) is 0 Å². The lowest BCUT2D eigenvalue weighted by atomic mass is 9.70. The monoisotopic (exact) mass is 266 g/mol. The van der Waals surface area contributed by atoms with E-state index in [0.717, 1.165) is 25.7 Å². The SMILES string of the molecule is CC1CC(C)(C)CCC1NC(=O)[C@@H]1CCC[C@@H]1CN. The Labute approximate surface area is 117 Å². The first-order valence-corrected chi connectivity index (χ1v) is 7.93. The van der Waals surface area contributed by atoms with Crippen molar-refractivity contribution < 1.29 is 4.79 Å². The Morgan fingerprint density at radius 1 is 1.32 bits per heavy atom. The fourth-order valence-corrected chi connectivity index (χ4v) is 4.12. The number of amides is 1. The summed E-state index contributed by atoms with van der Waals surface area (Å²) in [6.45, 7) is 7.61. The lowest BCUT2D eigenvalue weighted by molar-refractivity contribution is -0.127. The molecule has 3 nitrogen and oxygen atoms in total. The van der Waals surface area contributed by atoms with Crippen LogP contribution in [0.4, 0.5) is 0 Å². The van der Waals surface area contributed by atoms with Crippen molar-refractivity contribution in [3.05, 3.63) is 0 Å². The summed E-state index contributed by atoms with van der Waals surface area (Å²) in [5.74, 6) is 1.44. The molecule has 2 aliphatic carbocycles. The fraction of sp³-hybridized carbons (Fsp3) is 0.938. The van der Waals surface area contributed by atoms with Gasteiger partial charge in [0.1, 0.15) is 0 Å². The molecule has 0 aromatic rings. The van der Waals surface area contributed by atoms with Crippen LogP contribution in [0.15, 0.2) is 0 Å². The molecule has 4 atom stereocenters. The third-order valence-corrected chi connectivity index (χ3v) is 5.32. The molecular formula is C16H30N2O. The van der Waals surface area contributed by atoms with E-state index in [9.17, 15) is 4.79 Å². The Bertz CT molecular complexity index is 327. The summed E-state index contributed by atoms with van der Waals surface area (Å²) in [7, 11) is 0. The van der Waals surface area contributed by atoms with E-state index in [2.05, 4.69) is 26.1 Å². The summed E-state index contributed by atoms with van der Waals surface area (Å²) in [6.07, 6.45) is 6.87. The highest BCUT2D eigenvalue weighted by Gasteiger charge is 2.36. The van der Waals surface area contributed by atoms with Gasteiger partial charge in [0, 0.05) is 12.0 Å². The highest BCUT2D eigenvalue weighted by Crippen LogP contribution is 2.39. The van der Waals surface area contributed by atoms with Crippen LogP contribution in [0.25, 0.3) is 0 Å². The van der Waals surface area contributed by atoms with Crippen molar-refractivity contribution in [2.75, 3.05) is 6.54 Å². The molecule has 0 radical (unpaired) electrons. The minimum Gasteiger partial charge on any atom is -0.353 e. The molecule has 0 aromatic carbocycles. The van der Waals surface area contributed by atoms with Crippen molar-refractivity contribution in [3.63, 3.8) is 0 Å². The van der Waals surface area contributed by atoms with Gasteiger partial charge in [-0.1, -0.05) is 27.2 Å². The van der Waals surface area contributed by atoms with E-state index in [0.29, 0.717) is 29.8 Å². The Morgan fingerprint density at radius 3 is 2.68 bits per heavy atom. The van der Waals surface area contributed by atoms with Gasteiger partial charge in [-0.05, 0) is 55.9 Å².